The van der Waals surface area contributed by atoms with Gasteiger partial charge >= 0.3 is 11.9 Å². The highest BCUT2D eigenvalue weighted by Gasteiger charge is 2.10. The molecule has 1 aromatic carbocycles. The third kappa shape index (κ3) is 6.19. The van der Waals surface area contributed by atoms with E-state index in [2.05, 4.69) is 10.6 Å². The van der Waals surface area contributed by atoms with Crippen LogP contribution in [0.15, 0.2) is 36.0 Å². The predicted octanol–water partition coefficient (Wildman–Crippen LogP) is 1.27. The fourth-order valence-electron chi connectivity index (χ4n) is 1.60. The van der Waals surface area contributed by atoms with Gasteiger partial charge in [-0.2, -0.15) is 5.26 Å². The average molecular weight is 331 g/mol. The molecule has 24 heavy (non-hydrogen) atoms. The summed E-state index contributed by atoms with van der Waals surface area (Å²) < 4.78 is 4.85. The van der Waals surface area contributed by atoms with Crippen LogP contribution in [0.2, 0.25) is 0 Å². The highest BCUT2D eigenvalue weighted by atomic mass is 16.5. The molecule has 0 aliphatic carbocycles. The lowest BCUT2D eigenvalue weighted by molar-refractivity contribution is -0.136. The van der Waals surface area contributed by atoms with E-state index in [1.165, 1.54) is 24.3 Å². The minimum atomic E-state index is -0.986. The van der Waals surface area contributed by atoms with Crippen LogP contribution >= 0.6 is 0 Å². The lowest BCUT2D eigenvalue weighted by Crippen LogP contribution is -2.18. The van der Waals surface area contributed by atoms with Gasteiger partial charge in [0, 0.05) is 18.4 Å². The Hall–Kier alpha value is -3.34. The normalized spacial score (nSPS) is 10.4. The Morgan fingerprint density at radius 3 is 2.50 bits per heavy atom. The van der Waals surface area contributed by atoms with Crippen molar-refractivity contribution < 1.29 is 24.2 Å². The summed E-state index contributed by atoms with van der Waals surface area (Å²) in [5.41, 5.74) is 0.552. The van der Waals surface area contributed by atoms with Crippen LogP contribution < -0.4 is 10.6 Å². The summed E-state index contributed by atoms with van der Waals surface area (Å²) >= 11 is 0. The second-order valence-corrected chi connectivity index (χ2v) is 4.52. The summed E-state index contributed by atoms with van der Waals surface area (Å²) in [6.07, 6.45) is 1.03. The van der Waals surface area contributed by atoms with Gasteiger partial charge in [-0.3, -0.25) is 9.59 Å². The average Bonchev–Trinajstić information content (AvgIpc) is 2.55. The Kier molecular flexibility index (Phi) is 7.51. The van der Waals surface area contributed by atoms with Crippen molar-refractivity contribution in [2.24, 2.45) is 0 Å². The molecule has 0 aliphatic heterocycles. The number of hydrogen-bond acceptors (Lipinski definition) is 6. The lowest BCUT2D eigenvalue weighted by atomic mass is 10.2. The number of anilines is 1. The van der Waals surface area contributed by atoms with E-state index in [1.54, 1.807) is 13.0 Å². The van der Waals surface area contributed by atoms with Gasteiger partial charge in [-0.1, -0.05) is 0 Å². The SMILES string of the molecule is CCOC(=O)c1ccc(NC(=O)/C(C#N)=C\NCCC(=O)O)cc1. The number of carboxylic acid groups (broad SMARTS) is 1. The molecule has 1 rings (SSSR count). The van der Waals surface area contributed by atoms with E-state index in [1.807, 2.05) is 0 Å². The Morgan fingerprint density at radius 1 is 1.29 bits per heavy atom. The fraction of sp³-hybridized carbons (Fsp3) is 0.250. The van der Waals surface area contributed by atoms with Crippen LogP contribution in [-0.2, 0) is 14.3 Å². The van der Waals surface area contributed by atoms with E-state index in [9.17, 15) is 14.4 Å². The third-order valence-electron chi connectivity index (χ3n) is 2.75. The maximum absolute atomic E-state index is 11.9. The largest absolute Gasteiger partial charge is 0.481 e. The number of nitrogens with zero attached hydrogens (tertiary/aromatic N) is 1. The number of hydrogen-bond donors (Lipinski definition) is 3. The monoisotopic (exact) mass is 331 g/mol. The van der Waals surface area contributed by atoms with Gasteiger partial charge in [0.1, 0.15) is 11.6 Å². The van der Waals surface area contributed by atoms with Crippen molar-refractivity contribution in [3.63, 3.8) is 0 Å². The molecular weight excluding hydrogens is 314 g/mol. The van der Waals surface area contributed by atoms with Crippen LogP contribution in [0.3, 0.4) is 0 Å². The highest BCUT2D eigenvalue weighted by Crippen LogP contribution is 2.11. The summed E-state index contributed by atoms with van der Waals surface area (Å²) in [5.74, 6) is -2.10. The molecule has 0 saturated carbocycles. The number of carbonyl (C=O) groups is 3. The van der Waals surface area contributed by atoms with E-state index >= 15 is 0 Å². The first-order valence-electron chi connectivity index (χ1n) is 7.12. The highest BCUT2D eigenvalue weighted by molar-refractivity contribution is 6.06. The molecule has 0 spiro atoms. The molecule has 0 bridgehead atoms. The van der Waals surface area contributed by atoms with Crippen LogP contribution in [0, 0.1) is 11.3 Å². The topological polar surface area (TPSA) is 129 Å². The van der Waals surface area contributed by atoms with Crippen LogP contribution in [0.25, 0.3) is 0 Å². The van der Waals surface area contributed by atoms with Crippen molar-refractivity contribution in [2.75, 3.05) is 18.5 Å². The second kappa shape index (κ2) is 9.63. The molecule has 0 unspecified atom stereocenters. The van der Waals surface area contributed by atoms with Gasteiger partial charge in [-0.25, -0.2) is 4.79 Å². The molecule has 8 heteroatoms. The van der Waals surface area contributed by atoms with Crippen LogP contribution in [0.4, 0.5) is 5.69 Å². The van der Waals surface area contributed by atoms with Crippen molar-refractivity contribution in [3.8, 4) is 6.07 Å². The third-order valence-corrected chi connectivity index (χ3v) is 2.75. The maximum atomic E-state index is 11.9. The second-order valence-electron chi connectivity index (χ2n) is 4.52. The van der Waals surface area contributed by atoms with E-state index in [0.717, 1.165) is 6.20 Å². The van der Waals surface area contributed by atoms with Crippen molar-refractivity contribution >= 4 is 23.5 Å². The number of carboxylic acids is 1. The number of nitrogens with one attached hydrogen (secondary N) is 2. The van der Waals surface area contributed by atoms with E-state index < -0.39 is 17.8 Å². The minimum Gasteiger partial charge on any atom is -0.481 e. The zero-order chi connectivity index (χ0) is 17.9. The number of esters is 1. The molecule has 0 aliphatic rings. The quantitative estimate of drug-likeness (QED) is 0.283. The van der Waals surface area contributed by atoms with Crippen molar-refractivity contribution in [2.45, 2.75) is 13.3 Å². The molecule has 0 aromatic heterocycles. The van der Waals surface area contributed by atoms with Gasteiger partial charge in [0.2, 0.25) is 0 Å². The van der Waals surface area contributed by atoms with E-state index in [0.29, 0.717) is 11.3 Å². The molecule has 3 N–H and O–H groups in total. The van der Waals surface area contributed by atoms with Gasteiger partial charge in [0.15, 0.2) is 0 Å². The number of carbonyl (C=O) groups excluding carboxylic acids is 2. The van der Waals surface area contributed by atoms with Crippen LogP contribution in [0.1, 0.15) is 23.7 Å². The maximum Gasteiger partial charge on any atom is 0.338 e. The number of nitriles is 1. The summed E-state index contributed by atoms with van der Waals surface area (Å²) in [5, 5.41) is 22.5. The summed E-state index contributed by atoms with van der Waals surface area (Å²) in [6.45, 7) is 2.07. The first kappa shape index (κ1) is 18.7. The Bertz CT molecular complexity index is 674. The number of ether oxygens (including phenoxy) is 1. The molecule has 0 saturated heterocycles. The Labute approximate surface area is 138 Å². The molecule has 1 aromatic rings. The lowest BCUT2D eigenvalue weighted by Gasteiger charge is -2.06. The molecule has 126 valence electrons. The van der Waals surface area contributed by atoms with Crippen molar-refractivity contribution in [1.82, 2.24) is 5.32 Å². The van der Waals surface area contributed by atoms with Crippen molar-refractivity contribution in [3.05, 3.63) is 41.6 Å². The van der Waals surface area contributed by atoms with Gasteiger partial charge in [-0.05, 0) is 31.2 Å². The number of benzene rings is 1. The molecule has 0 heterocycles. The number of rotatable bonds is 8. The molecule has 1 amide bonds. The van der Waals surface area contributed by atoms with Gasteiger partial charge < -0.3 is 20.5 Å². The van der Waals surface area contributed by atoms with Gasteiger partial charge in [-0.15, -0.1) is 0 Å². The van der Waals surface area contributed by atoms with Crippen LogP contribution in [-0.4, -0.2) is 36.1 Å². The zero-order valence-electron chi connectivity index (χ0n) is 13.0. The molecule has 0 fully saturated rings. The Morgan fingerprint density at radius 2 is 1.96 bits per heavy atom. The standard InChI is InChI=1S/C16H17N3O5/c1-2-24-16(23)11-3-5-13(6-4-11)19-15(22)12(9-17)10-18-8-7-14(20)21/h3-6,10,18H,2,7-8H2,1H3,(H,19,22)(H,20,21)/b12-10-. The first-order valence-corrected chi connectivity index (χ1v) is 7.12. The van der Waals surface area contributed by atoms with E-state index in [4.69, 9.17) is 15.1 Å². The first-order chi connectivity index (χ1) is 11.5. The van der Waals surface area contributed by atoms with Gasteiger partial charge in [0.05, 0.1) is 18.6 Å². The van der Waals surface area contributed by atoms with Crippen molar-refractivity contribution in [1.29, 1.82) is 5.26 Å². The minimum absolute atomic E-state index is 0.0992. The molecular formula is C16H17N3O5. The molecule has 0 atom stereocenters. The van der Waals surface area contributed by atoms with Gasteiger partial charge in [0.25, 0.3) is 5.91 Å². The predicted molar refractivity (Wildman–Crippen MR) is 85.0 cm³/mol. The Balaban J connectivity index is 2.65. The molecule has 8 nitrogen and oxygen atoms in total. The molecule has 0 radical (unpaired) electrons. The fourth-order valence-corrected chi connectivity index (χ4v) is 1.60. The van der Waals surface area contributed by atoms with Crippen LogP contribution in [0.5, 0.6) is 0 Å². The summed E-state index contributed by atoms with van der Waals surface area (Å²) in [6, 6.07) is 7.73. The van der Waals surface area contributed by atoms with E-state index in [-0.39, 0.29) is 25.1 Å². The number of aliphatic carboxylic acids is 1. The summed E-state index contributed by atoms with van der Waals surface area (Å²) in [7, 11) is 0. The zero-order valence-corrected chi connectivity index (χ0v) is 13.0. The smallest absolute Gasteiger partial charge is 0.338 e. The summed E-state index contributed by atoms with van der Waals surface area (Å²) in [4.78, 5) is 33.8. The number of amides is 1.